The van der Waals surface area contributed by atoms with Gasteiger partial charge in [-0.3, -0.25) is 4.40 Å². The van der Waals surface area contributed by atoms with Crippen LogP contribution in [0.1, 0.15) is 11.1 Å². The minimum atomic E-state index is -0.239. The van der Waals surface area contributed by atoms with E-state index in [2.05, 4.69) is 52.3 Å². The summed E-state index contributed by atoms with van der Waals surface area (Å²) in [5, 5.41) is 0. The van der Waals surface area contributed by atoms with Crippen LogP contribution in [0.25, 0.3) is 28.1 Å². The lowest BCUT2D eigenvalue weighted by molar-refractivity contribution is 0.628. The summed E-state index contributed by atoms with van der Waals surface area (Å²) in [5.74, 6) is 0.646. The van der Waals surface area contributed by atoms with E-state index in [1.165, 1.54) is 23.3 Å². The van der Waals surface area contributed by atoms with Gasteiger partial charge < -0.3 is 4.57 Å². The molecule has 3 aromatic carbocycles. The van der Waals surface area contributed by atoms with Crippen LogP contribution < -0.4 is 0 Å². The van der Waals surface area contributed by atoms with E-state index >= 15 is 0 Å². The van der Waals surface area contributed by atoms with E-state index in [0.29, 0.717) is 0 Å². The van der Waals surface area contributed by atoms with Crippen LogP contribution in [0.2, 0.25) is 0 Å². The van der Waals surface area contributed by atoms with E-state index in [-0.39, 0.29) is 5.82 Å². The third-order valence-corrected chi connectivity index (χ3v) is 4.96. The Balaban J connectivity index is 1.69. The second kappa shape index (κ2) is 6.09. The van der Waals surface area contributed by atoms with Crippen molar-refractivity contribution >= 4 is 16.8 Å². The number of hydrogen-bond donors (Lipinski definition) is 0. The lowest BCUT2D eigenvalue weighted by Gasteiger charge is -2.06. The van der Waals surface area contributed by atoms with E-state index in [1.807, 2.05) is 18.3 Å². The molecule has 0 unspecified atom stereocenters. The largest absolute Gasteiger partial charge is 0.305 e. The van der Waals surface area contributed by atoms with Crippen molar-refractivity contribution in [3.8, 4) is 11.3 Å². The van der Waals surface area contributed by atoms with Crippen molar-refractivity contribution in [1.29, 1.82) is 0 Å². The molecule has 0 amide bonds. The summed E-state index contributed by atoms with van der Waals surface area (Å²) in [6.07, 6.45) is 2.02. The Morgan fingerprint density at radius 3 is 2.30 bits per heavy atom. The molecule has 0 atom stereocenters. The van der Waals surface area contributed by atoms with Gasteiger partial charge in [0, 0.05) is 11.8 Å². The van der Waals surface area contributed by atoms with Crippen LogP contribution in [-0.2, 0) is 6.54 Å². The number of imidazole rings is 2. The number of benzene rings is 3. The van der Waals surface area contributed by atoms with Gasteiger partial charge in [-0.1, -0.05) is 42.0 Å². The van der Waals surface area contributed by atoms with E-state index in [9.17, 15) is 4.39 Å². The number of aromatic nitrogens is 3. The van der Waals surface area contributed by atoms with Crippen molar-refractivity contribution in [3.05, 3.63) is 95.9 Å². The average Bonchev–Trinajstić information content (AvgIpc) is 3.23. The van der Waals surface area contributed by atoms with Crippen LogP contribution in [0.15, 0.2) is 79.0 Å². The Kier molecular flexibility index (Phi) is 3.57. The van der Waals surface area contributed by atoms with Gasteiger partial charge in [-0.25, -0.2) is 9.37 Å². The maximum absolute atomic E-state index is 13.3. The molecule has 2 heterocycles. The van der Waals surface area contributed by atoms with Gasteiger partial charge in [-0.05, 0) is 48.9 Å². The molecule has 0 aliphatic carbocycles. The fourth-order valence-electron chi connectivity index (χ4n) is 3.53. The molecule has 0 bridgehead atoms. The van der Waals surface area contributed by atoms with Crippen LogP contribution in [0, 0.1) is 12.7 Å². The molecule has 5 aromatic rings. The molecule has 5 rings (SSSR count). The van der Waals surface area contributed by atoms with Crippen molar-refractivity contribution in [1.82, 2.24) is 14.0 Å². The number of hydrogen-bond acceptors (Lipinski definition) is 1. The summed E-state index contributed by atoms with van der Waals surface area (Å²) in [4.78, 5) is 4.87. The maximum Gasteiger partial charge on any atom is 0.215 e. The minimum Gasteiger partial charge on any atom is -0.305 e. The Morgan fingerprint density at radius 2 is 1.56 bits per heavy atom. The molecule has 0 aliphatic rings. The molecule has 27 heavy (non-hydrogen) atoms. The third-order valence-electron chi connectivity index (χ3n) is 4.96. The predicted molar refractivity (Wildman–Crippen MR) is 106 cm³/mol. The van der Waals surface area contributed by atoms with Gasteiger partial charge in [-0.15, -0.1) is 0 Å². The minimum absolute atomic E-state index is 0.239. The van der Waals surface area contributed by atoms with E-state index in [4.69, 9.17) is 4.98 Å². The first kappa shape index (κ1) is 15.8. The first-order valence-corrected chi connectivity index (χ1v) is 8.97. The topological polar surface area (TPSA) is 22.2 Å². The van der Waals surface area contributed by atoms with Crippen LogP contribution in [0.3, 0.4) is 0 Å². The quantitative estimate of drug-likeness (QED) is 0.422. The molecule has 132 valence electrons. The molecule has 0 saturated carbocycles. The molecule has 0 radical (unpaired) electrons. The molecule has 2 aromatic heterocycles. The lowest BCUT2D eigenvalue weighted by atomic mass is 10.1. The predicted octanol–water partition coefficient (Wildman–Crippen LogP) is 5.45. The fourth-order valence-corrected chi connectivity index (χ4v) is 3.53. The summed E-state index contributed by atoms with van der Waals surface area (Å²) in [7, 11) is 0. The molecule has 0 N–H and O–H groups in total. The maximum atomic E-state index is 13.3. The van der Waals surface area contributed by atoms with E-state index < -0.39 is 0 Å². The molecular weight excluding hydrogens is 337 g/mol. The van der Waals surface area contributed by atoms with Crippen molar-refractivity contribution in [2.24, 2.45) is 0 Å². The molecule has 4 heteroatoms. The molecule has 0 spiro atoms. The van der Waals surface area contributed by atoms with Crippen molar-refractivity contribution < 1.29 is 4.39 Å². The van der Waals surface area contributed by atoms with Gasteiger partial charge in [0.25, 0.3) is 0 Å². The number of para-hydroxylation sites is 2. The van der Waals surface area contributed by atoms with Crippen LogP contribution in [0.4, 0.5) is 4.39 Å². The number of aryl methyl sites for hydroxylation is 1. The zero-order valence-electron chi connectivity index (χ0n) is 14.9. The second-order valence-corrected chi connectivity index (χ2v) is 6.86. The second-order valence-electron chi connectivity index (χ2n) is 6.86. The van der Waals surface area contributed by atoms with Gasteiger partial charge in [0.15, 0.2) is 0 Å². The molecule has 0 aliphatic heterocycles. The van der Waals surface area contributed by atoms with E-state index in [1.54, 1.807) is 12.1 Å². The Morgan fingerprint density at radius 1 is 0.852 bits per heavy atom. The number of rotatable bonds is 3. The summed E-state index contributed by atoms with van der Waals surface area (Å²) < 4.78 is 17.6. The van der Waals surface area contributed by atoms with Gasteiger partial charge >= 0.3 is 0 Å². The molecular formula is C23H18FN3. The number of halogens is 1. The third kappa shape index (κ3) is 2.70. The smallest absolute Gasteiger partial charge is 0.215 e. The Labute approximate surface area is 156 Å². The highest BCUT2D eigenvalue weighted by Gasteiger charge is 2.15. The van der Waals surface area contributed by atoms with Gasteiger partial charge in [0.2, 0.25) is 5.78 Å². The van der Waals surface area contributed by atoms with Gasteiger partial charge in [0.05, 0.1) is 23.3 Å². The summed E-state index contributed by atoms with van der Waals surface area (Å²) in [6.45, 7) is 2.84. The zero-order chi connectivity index (χ0) is 18.4. The Hall–Kier alpha value is -3.40. The van der Waals surface area contributed by atoms with Crippen molar-refractivity contribution in [2.45, 2.75) is 13.5 Å². The first-order valence-electron chi connectivity index (χ1n) is 8.97. The van der Waals surface area contributed by atoms with E-state index in [0.717, 1.165) is 34.6 Å². The first-order chi connectivity index (χ1) is 13.2. The fraction of sp³-hybridized carbons (Fsp3) is 0.0870. The average molecular weight is 355 g/mol. The summed E-state index contributed by atoms with van der Waals surface area (Å²) >= 11 is 0. The Bertz CT molecular complexity index is 1250. The summed E-state index contributed by atoms with van der Waals surface area (Å²) in [6, 6.07) is 23.4. The zero-order valence-corrected chi connectivity index (χ0v) is 14.9. The van der Waals surface area contributed by atoms with Gasteiger partial charge in [-0.2, -0.15) is 0 Å². The van der Waals surface area contributed by atoms with Gasteiger partial charge in [0.1, 0.15) is 5.82 Å². The molecule has 0 saturated heterocycles. The highest BCUT2D eigenvalue weighted by Crippen LogP contribution is 2.26. The van der Waals surface area contributed by atoms with Crippen LogP contribution >= 0.6 is 0 Å². The SMILES string of the molecule is Cc1ccc(Cn2c3ccccc3n3cc(-c4ccc(F)cc4)nc23)cc1. The van der Waals surface area contributed by atoms with Crippen molar-refractivity contribution in [2.75, 3.05) is 0 Å². The normalized spacial score (nSPS) is 11.5. The van der Waals surface area contributed by atoms with Crippen LogP contribution in [-0.4, -0.2) is 14.0 Å². The molecule has 3 nitrogen and oxygen atoms in total. The standard InChI is InChI=1S/C23H18FN3/c1-16-6-8-17(9-7-16)14-26-21-4-2-3-5-22(21)27-15-20(25-23(26)27)18-10-12-19(24)13-11-18/h2-13,15H,14H2,1H3. The highest BCUT2D eigenvalue weighted by atomic mass is 19.1. The number of nitrogens with zero attached hydrogens (tertiary/aromatic N) is 3. The number of fused-ring (bicyclic) bond motifs is 3. The highest BCUT2D eigenvalue weighted by molar-refractivity contribution is 5.82. The van der Waals surface area contributed by atoms with Crippen LogP contribution in [0.5, 0.6) is 0 Å². The van der Waals surface area contributed by atoms with Crippen molar-refractivity contribution in [3.63, 3.8) is 0 Å². The lowest BCUT2D eigenvalue weighted by Crippen LogP contribution is -2.00. The summed E-state index contributed by atoms with van der Waals surface area (Å²) in [5.41, 5.74) is 6.49. The molecule has 0 fully saturated rings. The monoisotopic (exact) mass is 355 g/mol.